The summed E-state index contributed by atoms with van der Waals surface area (Å²) in [4.78, 5) is 6.95. The Bertz CT molecular complexity index is 481. The van der Waals surface area contributed by atoms with Crippen LogP contribution in [-0.4, -0.2) is 19.6 Å². The fourth-order valence-corrected chi connectivity index (χ4v) is 1.28. The third-order valence-electron chi connectivity index (χ3n) is 1.46. The van der Waals surface area contributed by atoms with Crippen molar-refractivity contribution in [3.05, 3.63) is 22.8 Å². The monoisotopic (exact) mass is 346 g/mol. The lowest BCUT2D eigenvalue weighted by Gasteiger charge is -1.97. The van der Waals surface area contributed by atoms with Crippen molar-refractivity contribution < 1.29 is 13.2 Å². The summed E-state index contributed by atoms with van der Waals surface area (Å²) in [6.45, 7) is 0. The molecule has 0 aromatic carbocycles. The van der Waals surface area contributed by atoms with E-state index >= 15 is 0 Å². The van der Waals surface area contributed by atoms with Gasteiger partial charge in [-0.25, -0.2) is 9.50 Å². The number of rotatable bonds is 0. The van der Waals surface area contributed by atoms with E-state index in [0.29, 0.717) is 4.60 Å². The first kappa shape index (κ1) is 12.4. The molecule has 0 bridgehead atoms. The molecule has 0 fully saturated rings. The van der Waals surface area contributed by atoms with Crippen LogP contribution in [0.5, 0.6) is 0 Å². The number of nitrogens with zero attached hydrogens (tertiary/aromatic N) is 4. The van der Waals surface area contributed by atoms with E-state index in [0.717, 1.165) is 4.52 Å². The molecule has 0 saturated heterocycles. The summed E-state index contributed by atoms with van der Waals surface area (Å²) in [7, 11) is 0. The van der Waals surface area contributed by atoms with Gasteiger partial charge in [-0.3, -0.25) is 4.98 Å². The molecule has 0 amide bonds. The summed E-state index contributed by atoms with van der Waals surface area (Å²) in [6.07, 6.45) is -2.00. The first-order valence-corrected chi connectivity index (χ1v) is 4.21. The molecule has 2 aromatic rings. The Labute approximate surface area is 100 Å². The maximum absolute atomic E-state index is 12.2. The second-order valence-electron chi connectivity index (χ2n) is 2.43. The Hall–Kier alpha value is -0.700. The van der Waals surface area contributed by atoms with Crippen molar-refractivity contribution in [3.63, 3.8) is 0 Å². The predicted octanol–water partition coefficient (Wildman–Crippen LogP) is 2.48. The van der Waals surface area contributed by atoms with Crippen LogP contribution in [0.2, 0.25) is 0 Å². The second kappa shape index (κ2) is 4.05. The van der Waals surface area contributed by atoms with Crippen LogP contribution >= 0.6 is 32.9 Å². The Morgan fingerprint density at radius 1 is 1.27 bits per heavy atom. The van der Waals surface area contributed by atoms with E-state index < -0.39 is 12.0 Å². The summed E-state index contributed by atoms with van der Waals surface area (Å²) in [6, 6.07) is 0. The van der Waals surface area contributed by atoms with E-state index in [4.69, 9.17) is 0 Å². The Balaban J connectivity index is 0.00000112. The van der Waals surface area contributed by atoms with Gasteiger partial charge in [0.25, 0.3) is 5.82 Å². The van der Waals surface area contributed by atoms with Crippen molar-refractivity contribution in [1.82, 2.24) is 19.6 Å². The molecule has 0 spiro atoms. The lowest BCUT2D eigenvalue weighted by Crippen LogP contribution is -2.07. The third kappa shape index (κ3) is 2.28. The highest BCUT2D eigenvalue weighted by molar-refractivity contribution is 9.10. The Morgan fingerprint density at radius 2 is 1.93 bits per heavy atom. The van der Waals surface area contributed by atoms with Crippen molar-refractivity contribution in [2.75, 3.05) is 0 Å². The van der Waals surface area contributed by atoms with Crippen LogP contribution in [0.25, 0.3) is 5.65 Å². The number of alkyl halides is 3. The molecule has 0 aliphatic rings. The summed E-state index contributed by atoms with van der Waals surface area (Å²) in [5.74, 6) is -1.17. The van der Waals surface area contributed by atoms with Gasteiger partial charge in [-0.15, -0.1) is 22.1 Å². The fraction of sp³-hybridized carbons (Fsp3) is 0.167. The van der Waals surface area contributed by atoms with Gasteiger partial charge >= 0.3 is 6.18 Å². The van der Waals surface area contributed by atoms with Crippen LogP contribution in [0.4, 0.5) is 13.2 Å². The van der Waals surface area contributed by atoms with Gasteiger partial charge in [0.1, 0.15) is 4.60 Å². The SMILES string of the molecule is Br.FC(F)(F)c1nc2cncc(Br)n2n1. The zero-order chi connectivity index (χ0) is 10.3. The maximum Gasteiger partial charge on any atom is 0.453 e. The van der Waals surface area contributed by atoms with Gasteiger partial charge in [0, 0.05) is 0 Å². The molecule has 0 aliphatic heterocycles. The predicted molar refractivity (Wildman–Crippen MR) is 53.8 cm³/mol. The van der Waals surface area contributed by atoms with E-state index in [1.165, 1.54) is 12.4 Å². The molecule has 0 N–H and O–H groups in total. The van der Waals surface area contributed by atoms with Gasteiger partial charge in [0.15, 0.2) is 5.65 Å². The van der Waals surface area contributed by atoms with E-state index in [1.807, 2.05) is 0 Å². The minimum atomic E-state index is -4.54. The summed E-state index contributed by atoms with van der Waals surface area (Å²) in [5.41, 5.74) is 0.0479. The van der Waals surface area contributed by atoms with Gasteiger partial charge < -0.3 is 0 Å². The van der Waals surface area contributed by atoms with Crippen molar-refractivity contribution in [3.8, 4) is 0 Å². The van der Waals surface area contributed by atoms with Crippen molar-refractivity contribution in [1.29, 1.82) is 0 Å². The molecular weight excluding hydrogens is 345 g/mol. The summed E-state index contributed by atoms with van der Waals surface area (Å²) in [5, 5.41) is 3.28. The smallest absolute Gasteiger partial charge is 0.258 e. The Morgan fingerprint density at radius 3 is 2.47 bits per heavy atom. The van der Waals surface area contributed by atoms with E-state index in [9.17, 15) is 13.2 Å². The molecule has 2 aromatic heterocycles. The number of hydrogen-bond acceptors (Lipinski definition) is 3. The van der Waals surface area contributed by atoms with Crippen molar-refractivity contribution in [2.45, 2.75) is 6.18 Å². The van der Waals surface area contributed by atoms with Crippen LogP contribution in [-0.2, 0) is 6.18 Å². The number of halogens is 5. The molecule has 15 heavy (non-hydrogen) atoms. The summed E-state index contributed by atoms with van der Waals surface area (Å²) < 4.78 is 37.9. The first-order chi connectivity index (χ1) is 6.48. The van der Waals surface area contributed by atoms with Crippen LogP contribution in [0.1, 0.15) is 5.82 Å². The van der Waals surface area contributed by atoms with Crippen LogP contribution < -0.4 is 0 Å². The number of aromatic nitrogens is 4. The lowest BCUT2D eigenvalue weighted by molar-refractivity contribution is -0.144. The van der Waals surface area contributed by atoms with Gasteiger partial charge in [-0.1, -0.05) is 0 Å². The van der Waals surface area contributed by atoms with Gasteiger partial charge in [0.2, 0.25) is 0 Å². The quantitative estimate of drug-likeness (QED) is 0.735. The average Bonchev–Trinajstić information content (AvgIpc) is 2.48. The molecule has 0 radical (unpaired) electrons. The van der Waals surface area contributed by atoms with Gasteiger partial charge in [-0.05, 0) is 15.9 Å². The van der Waals surface area contributed by atoms with E-state index in [-0.39, 0.29) is 22.6 Å². The largest absolute Gasteiger partial charge is 0.453 e. The maximum atomic E-state index is 12.2. The molecule has 0 atom stereocenters. The lowest BCUT2D eigenvalue weighted by atomic mass is 10.6. The van der Waals surface area contributed by atoms with Crippen LogP contribution in [0, 0.1) is 0 Å². The average molecular weight is 348 g/mol. The third-order valence-corrected chi connectivity index (χ3v) is 2.00. The fourth-order valence-electron chi connectivity index (χ4n) is 0.905. The molecule has 0 unspecified atom stereocenters. The number of fused-ring (bicyclic) bond motifs is 1. The minimum absolute atomic E-state index is 0. The highest BCUT2D eigenvalue weighted by Gasteiger charge is 2.36. The zero-order valence-electron chi connectivity index (χ0n) is 6.86. The van der Waals surface area contributed by atoms with Gasteiger partial charge in [0.05, 0.1) is 12.4 Å². The molecule has 0 aliphatic carbocycles. The van der Waals surface area contributed by atoms with E-state index in [2.05, 4.69) is 31.0 Å². The highest BCUT2D eigenvalue weighted by Crippen LogP contribution is 2.26. The Kier molecular flexibility index (Phi) is 3.34. The molecule has 2 rings (SSSR count). The molecule has 4 nitrogen and oxygen atoms in total. The van der Waals surface area contributed by atoms with Gasteiger partial charge in [-0.2, -0.15) is 13.2 Å². The van der Waals surface area contributed by atoms with Crippen molar-refractivity contribution >= 4 is 38.6 Å². The number of hydrogen-bond donors (Lipinski definition) is 0. The second-order valence-corrected chi connectivity index (χ2v) is 3.25. The van der Waals surface area contributed by atoms with Crippen LogP contribution in [0.15, 0.2) is 17.0 Å². The highest BCUT2D eigenvalue weighted by atomic mass is 79.9. The van der Waals surface area contributed by atoms with Crippen LogP contribution in [0.3, 0.4) is 0 Å². The molecule has 0 saturated carbocycles. The normalized spacial score (nSPS) is 11.5. The molecule has 82 valence electrons. The van der Waals surface area contributed by atoms with Crippen molar-refractivity contribution in [2.24, 2.45) is 0 Å². The molecule has 2 heterocycles. The first-order valence-electron chi connectivity index (χ1n) is 3.42. The standard InChI is InChI=1S/C6H2BrF3N4.BrH/c7-3-1-11-2-4-12-5(6(8,9)10)13-14(3)4;/h1-2H;1H. The summed E-state index contributed by atoms with van der Waals surface area (Å²) >= 11 is 3.01. The van der Waals surface area contributed by atoms with E-state index in [1.54, 1.807) is 0 Å². The minimum Gasteiger partial charge on any atom is -0.258 e. The topological polar surface area (TPSA) is 43.1 Å². The molecule has 9 heteroatoms. The molecular formula is C6H3Br2F3N4. The zero-order valence-corrected chi connectivity index (χ0v) is 10.2.